The Hall–Kier alpha value is -1.35. The second-order valence-electron chi connectivity index (χ2n) is 3.54. The Balaban J connectivity index is 2.24. The number of ketones is 1. The van der Waals surface area contributed by atoms with Crippen molar-refractivity contribution in [3.8, 4) is 5.75 Å². The molecule has 0 aromatic heterocycles. The van der Waals surface area contributed by atoms with Crippen LogP contribution in [0, 0.1) is 0 Å². The van der Waals surface area contributed by atoms with E-state index in [1.807, 2.05) is 31.2 Å². The fourth-order valence-electron chi connectivity index (χ4n) is 1.27. The summed E-state index contributed by atoms with van der Waals surface area (Å²) in [4.78, 5) is 11.0. The number of hydrogen-bond donors (Lipinski definition) is 0. The van der Waals surface area contributed by atoms with Gasteiger partial charge in [0.1, 0.15) is 11.5 Å². The predicted octanol–water partition coefficient (Wildman–Crippen LogP) is 2.58. The Morgan fingerprint density at radius 3 is 2.50 bits per heavy atom. The molecule has 0 spiro atoms. The number of methoxy groups -OCH3 is 1. The van der Waals surface area contributed by atoms with Crippen molar-refractivity contribution in [2.75, 3.05) is 13.7 Å². The first-order valence-electron chi connectivity index (χ1n) is 5.48. The smallest absolute Gasteiger partial charge is 0.134 e. The molecule has 0 aliphatic rings. The van der Waals surface area contributed by atoms with Crippen molar-refractivity contribution in [2.24, 2.45) is 0 Å². The Morgan fingerprint density at radius 2 is 1.94 bits per heavy atom. The first-order valence-corrected chi connectivity index (χ1v) is 5.48. The van der Waals surface area contributed by atoms with Gasteiger partial charge in [-0.1, -0.05) is 19.1 Å². The van der Waals surface area contributed by atoms with Gasteiger partial charge in [-0.05, 0) is 17.7 Å². The largest absolute Gasteiger partial charge is 0.497 e. The fraction of sp³-hybridized carbons (Fsp3) is 0.462. The topological polar surface area (TPSA) is 35.5 Å². The van der Waals surface area contributed by atoms with Crippen LogP contribution in [0.25, 0.3) is 0 Å². The molecule has 0 radical (unpaired) electrons. The highest BCUT2D eigenvalue weighted by atomic mass is 16.5. The van der Waals surface area contributed by atoms with Crippen LogP contribution in [0.15, 0.2) is 24.3 Å². The van der Waals surface area contributed by atoms with Crippen molar-refractivity contribution in [2.45, 2.75) is 26.4 Å². The molecule has 16 heavy (non-hydrogen) atoms. The molecule has 0 N–H and O–H groups in total. The van der Waals surface area contributed by atoms with E-state index in [0.717, 1.165) is 11.3 Å². The number of ether oxygens (including phenoxy) is 2. The third kappa shape index (κ3) is 4.45. The molecule has 0 aliphatic carbocycles. The maximum atomic E-state index is 11.0. The Labute approximate surface area is 96.4 Å². The molecule has 0 heterocycles. The zero-order chi connectivity index (χ0) is 11.8. The third-order valence-corrected chi connectivity index (χ3v) is 2.35. The Kier molecular flexibility index (Phi) is 5.57. The lowest BCUT2D eigenvalue weighted by atomic mass is 10.2. The van der Waals surface area contributed by atoms with Gasteiger partial charge in [-0.2, -0.15) is 0 Å². The molecule has 0 atom stereocenters. The second-order valence-corrected chi connectivity index (χ2v) is 3.54. The van der Waals surface area contributed by atoms with Crippen LogP contribution in [0.5, 0.6) is 5.75 Å². The molecule has 0 amide bonds. The number of hydrogen-bond acceptors (Lipinski definition) is 3. The average Bonchev–Trinajstić information content (AvgIpc) is 2.35. The van der Waals surface area contributed by atoms with Gasteiger partial charge in [0.25, 0.3) is 0 Å². The number of Topliss-reactive ketones (excluding diaryl/α,β-unsaturated/α-hetero) is 1. The van der Waals surface area contributed by atoms with E-state index in [-0.39, 0.29) is 5.78 Å². The standard InChI is InChI=1S/C13H18O3/c1-3-12(14)8-9-16-10-11-4-6-13(15-2)7-5-11/h4-7H,3,8-10H2,1-2H3. The minimum absolute atomic E-state index is 0.245. The van der Waals surface area contributed by atoms with Crippen LogP contribution in [0.1, 0.15) is 25.3 Å². The van der Waals surface area contributed by atoms with Gasteiger partial charge < -0.3 is 9.47 Å². The van der Waals surface area contributed by atoms with Crippen molar-refractivity contribution < 1.29 is 14.3 Å². The normalized spacial score (nSPS) is 10.1. The van der Waals surface area contributed by atoms with E-state index in [1.165, 1.54) is 0 Å². The molecule has 1 rings (SSSR count). The second kappa shape index (κ2) is 7.01. The van der Waals surface area contributed by atoms with Gasteiger partial charge in [0.05, 0.1) is 20.3 Å². The van der Waals surface area contributed by atoms with Gasteiger partial charge in [0.2, 0.25) is 0 Å². The minimum Gasteiger partial charge on any atom is -0.497 e. The summed E-state index contributed by atoms with van der Waals surface area (Å²) < 4.78 is 10.5. The van der Waals surface area contributed by atoms with Crippen LogP contribution in [0.4, 0.5) is 0 Å². The van der Waals surface area contributed by atoms with Crippen LogP contribution >= 0.6 is 0 Å². The van der Waals surface area contributed by atoms with Crippen LogP contribution in [0.3, 0.4) is 0 Å². The average molecular weight is 222 g/mol. The van der Waals surface area contributed by atoms with Crippen molar-refractivity contribution in [3.05, 3.63) is 29.8 Å². The summed E-state index contributed by atoms with van der Waals surface area (Å²) in [5.41, 5.74) is 1.09. The maximum Gasteiger partial charge on any atom is 0.134 e. The molecular formula is C13H18O3. The molecule has 3 nitrogen and oxygen atoms in total. The zero-order valence-corrected chi connectivity index (χ0v) is 9.86. The van der Waals surface area contributed by atoms with E-state index in [4.69, 9.17) is 9.47 Å². The summed E-state index contributed by atoms with van der Waals surface area (Å²) >= 11 is 0. The summed E-state index contributed by atoms with van der Waals surface area (Å²) in [6.45, 7) is 2.91. The zero-order valence-electron chi connectivity index (χ0n) is 9.86. The monoisotopic (exact) mass is 222 g/mol. The molecule has 1 aromatic rings. The molecule has 1 aromatic carbocycles. The Morgan fingerprint density at radius 1 is 1.25 bits per heavy atom. The van der Waals surface area contributed by atoms with Crippen LogP contribution < -0.4 is 4.74 Å². The molecule has 0 saturated carbocycles. The van der Waals surface area contributed by atoms with Crippen molar-refractivity contribution in [1.82, 2.24) is 0 Å². The quantitative estimate of drug-likeness (QED) is 0.665. The number of carbonyl (C=O) groups excluding carboxylic acids is 1. The fourth-order valence-corrected chi connectivity index (χ4v) is 1.27. The number of benzene rings is 1. The highest BCUT2D eigenvalue weighted by Gasteiger charge is 1.98. The maximum absolute atomic E-state index is 11.0. The summed E-state index contributed by atoms with van der Waals surface area (Å²) in [7, 11) is 1.64. The lowest BCUT2D eigenvalue weighted by molar-refractivity contribution is -0.119. The third-order valence-electron chi connectivity index (χ3n) is 2.35. The van der Waals surface area contributed by atoms with Crippen LogP contribution in [-0.2, 0) is 16.1 Å². The van der Waals surface area contributed by atoms with Crippen molar-refractivity contribution in [3.63, 3.8) is 0 Å². The molecule has 0 aliphatic heterocycles. The minimum atomic E-state index is 0.245. The van der Waals surface area contributed by atoms with E-state index in [1.54, 1.807) is 7.11 Å². The lowest BCUT2D eigenvalue weighted by Crippen LogP contribution is -2.02. The number of rotatable bonds is 7. The first kappa shape index (κ1) is 12.7. The van der Waals surface area contributed by atoms with Gasteiger partial charge in [-0.15, -0.1) is 0 Å². The summed E-state index contributed by atoms with van der Waals surface area (Å²) in [5, 5.41) is 0. The highest BCUT2D eigenvalue weighted by molar-refractivity contribution is 5.78. The van der Waals surface area contributed by atoms with Crippen molar-refractivity contribution in [1.29, 1.82) is 0 Å². The van der Waals surface area contributed by atoms with E-state index in [0.29, 0.717) is 26.1 Å². The molecule has 0 saturated heterocycles. The van der Waals surface area contributed by atoms with Crippen LogP contribution in [0.2, 0.25) is 0 Å². The molecule has 0 unspecified atom stereocenters. The van der Waals surface area contributed by atoms with Gasteiger partial charge in [-0.25, -0.2) is 0 Å². The van der Waals surface area contributed by atoms with E-state index in [2.05, 4.69) is 0 Å². The van der Waals surface area contributed by atoms with Crippen molar-refractivity contribution >= 4 is 5.78 Å². The van der Waals surface area contributed by atoms with Gasteiger partial charge in [0.15, 0.2) is 0 Å². The molecule has 3 heteroatoms. The molecular weight excluding hydrogens is 204 g/mol. The lowest BCUT2D eigenvalue weighted by Gasteiger charge is -2.04. The molecule has 0 fully saturated rings. The predicted molar refractivity (Wildman–Crippen MR) is 62.6 cm³/mol. The summed E-state index contributed by atoms with van der Waals surface area (Å²) in [5.74, 6) is 1.08. The van der Waals surface area contributed by atoms with E-state index < -0.39 is 0 Å². The molecule has 88 valence electrons. The van der Waals surface area contributed by atoms with Gasteiger partial charge in [-0.3, -0.25) is 4.79 Å². The number of carbonyl (C=O) groups is 1. The highest BCUT2D eigenvalue weighted by Crippen LogP contribution is 2.11. The Bertz CT molecular complexity index is 316. The van der Waals surface area contributed by atoms with Gasteiger partial charge in [0, 0.05) is 12.8 Å². The summed E-state index contributed by atoms with van der Waals surface area (Å²) in [6.07, 6.45) is 1.10. The SMILES string of the molecule is CCC(=O)CCOCc1ccc(OC)cc1. The first-order chi connectivity index (χ1) is 7.76. The van der Waals surface area contributed by atoms with E-state index >= 15 is 0 Å². The van der Waals surface area contributed by atoms with Crippen LogP contribution in [-0.4, -0.2) is 19.5 Å². The summed E-state index contributed by atoms with van der Waals surface area (Å²) in [6, 6.07) is 7.72. The van der Waals surface area contributed by atoms with Gasteiger partial charge >= 0.3 is 0 Å². The molecule has 0 bridgehead atoms. The van der Waals surface area contributed by atoms with E-state index in [9.17, 15) is 4.79 Å².